The summed E-state index contributed by atoms with van der Waals surface area (Å²) in [5.41, 5.74) is 0. The molecule has 1 rings (SSSR count). The molecule has 6 heteroatoms. The van der Waals surface area contributed by atoms with Crippen molar-refractivity contribution in [3.05, 3.63) is 0 Å². The zero-order valence-electron chi connectivity index (χ0n) is 10.1. The summed E-state index contributed by atoms with van der Waals surface area (Å²) in [5, 5.41) is 12.0. The second-order valence-corrected chi connectivity index (χ2v) is 4.69. The van der Waals surface area contributed by atoms with Gasteiger partial charge in [-0.1, -0.05) is 0 Å². The van der Waals surface area contributed by atoms with Gasteiger partial charge in [0.25, 0.3) is 0 Å². The molecule has 0 saturated carbocycles. The number of nitrogens with one attached hydrogen (secondary N) is 1. The Labute approximate surface area is 100.0 Å². The third-order valence-electron chi connectivity index (χ3n) is 3.32. The van der Waals surface area contributed by atoms with Gasteiger partial charge >= 0.3 is 6.18 Å². The third kappa shape index (κ3) is 5.23. The molecular weight excluding hydrogens is 233 g/mol. The van der Waals surface area contributed by atoms with E-state index >= 15 is 0 Å². The fourth-order valence-corrected chi connectivity index (χ4v) is 2.15. The van der Waals surface area contributed by atoms with E-state index in [1.54, 1.807) is 4.90 Å². The normalized spacial score (nSPS) is 21.7. The summed E-state index contributed by atoms with van der Waals surface area (Å²) in [7, 11) is 1.90. The van der Waals surface area contributed by atoms with Crippen molar-refractivity contribution < 1.29 is 18.3 Å². The lowest BCUT2D eigenvalue weighted by Crippen LogP contribution is -2.44. The molecule has 1 aliphatic rings. The predicted molar refractivity (Wildman–Crippen MR) is 59.8 cm³/mol. The Hall–Kier alpha value is -0.330. The first kappa shape index (κ1) is 14.7. The molecule has 1 heterocycles. The summed E-state index contributed by atoms with van der Waals surface area (Å²) in [6.07, 6.45) is -3.79. The van der Waals surface area contributed by atoms with E-state index in [0.717, 1.165) is 25.8 Å². The predicted octanol–water partition coefficient (Wildman–Crippen LogP) is 1.23. The highest BCUT2D eigenvalue weighted by Gasteiger charge is 2.39. The van der Waals surface area contributed by atoms with Gasteiger partial charge < -0.3 is 15.3 Å². The van der Waals surface area contributed by atoms with Gasteiger partial charge in [0.1, 0.15) is 0 Å². The van der Waals surface area contributed by atoms with Crippen molar-refractivity contribution in [2.24, 2.45) is 5.92 Å². The lowest BCUT2D eigenvalue weighted by molar-refractivity contribution is -0.208. The first-order valence-corrected chi connectivity index (χ1v) is 6.05. The van der Waals surface area contributed by atoms with Crippen molar-refractivity contribution in [1.29, 1.82) is 0 Å². The maximum absolute atomic E-state index is 12.2. The van der Waals surface area contributed by atoms with Gasteiger partial charge in [0, 0.05) is 6.54 Å². The van der Waals surface area contributed by atoms with Crippen molar-refractivity contribution in [3.8, 4) is 0 Å². The number of rotatable bonds is 5. The average Bonchev–Trinajstić information content (AvgIpc) is 2.27. The first-order chi connectivity index (χ1) is 7.93. The van der Waals surface area contributed by atoms with Crippen LogP contribution in [0.2, 0.25) is 0 Å². The molecule has 0 aliphatic carbocycles. The van der Waals surface area contributed by atoms with Crippen LogP contribution in [0.25, 0.3) is 0 Å². The largest absolute Gasteiger partial charge is 0.415 e. The van der Waals surface area contributed by atoms with Crippen molar-refractivity contribution in [1.82, 2.24) is 10.2 Å². The molecule has 2 N–H and O–H groups in total. The van der Waals surface area contributed by atoms with Crippen LogP contribution in [0.5, 0.6) is 0 Å². The summed E-state index contributed by atoms with van der Waals surface area (Å²) in [6.45, 7) is 1.97. The van der Waals surface area contributed by atoms with Gasteiger partial charge in [-0.05, 0) is 51.9 Å². The Kier molecular flexibility index (Phi) is 5.69. The molecule has 1 saturated heterocycles. The van der Waals surface area contributed by atoms with Crippen LogP contribution in [0.4, 0.5) is 13.2 Å². The van der Waals surface area contributed by atoms with Crippen molar-refractivity contribution >= 4 is 0 Å². The van der Waals surface area contributed by atoms with Crippen LogP contribution in [-0.4, -0.2) is 55.5 Å². The number of hydrogen-bond acceptors (Lipinski definition) is 3. The molecule has 3 nitrogen and oxygen atoms in total. The number of hydrogen-bond donors (Lipinski definition) is 2. The zero-order chi connectivity index (χ0) is 12.9. The maximum atomic E-state index is 12.2. The van der Waals surface area contributed by atoms with E-state index < -0.39 is 12.3 Å². The molecule has 17 heavy (non-hydrogen) atoms. The van der Waals surface area contributed by atoms with Crippen LogP contribution < -0.4 is 5.32 Å². The molecule has 1 fully saturated rings. The van der Waals surface area contributed by atoms with Crippen molar-refractivity contribution in [3.63, 3.8) is 0 Å². The lowest BCUT2D eigenvalue weighted by atomic mass is 9.93. The van der Waals surface area contributed by atoms with Gasteiger partial charge in [0.05, 0.1) is 0 Å². The van der Waals surface area contributed by atoms with Crippen molar-refractivity contribution in [2.75, 3.05) is 33.2 Å². The first-order valence-electron chi connectivity index (χ1n) is 6.05. The molecule has 1 atom stereocenters. The number of β-amino-alcohol motifs (C(OH)–C–C–N with tert-alkyl or cyclic N) is 1. The summed E-state index contributed by atoms with van der Waals surface area (Å²) in [6, 6.07) is 0. The lowest BCUT2D eigenvalue weighted by Gasteiger charge is -2.33. The van der Waals surface area contributed by atoms with Gasteiger partial charge in [-0.2, -0.15) is 13.2 Å². The fraction of sp³-hybridized carbons (Fsp3) is 1.00. The van der Waals surface area contributed by atoms with E-state index in [1.165, 1.54) is 0 Å². The third-order valence-corrected chi connectivity index (χ3v) is 3.32. The van der Waals surface area contributed by atoms with Crippen molar-refractivity contribution in [2.45, 2.75) is 31.5 Å². The summed E-state index contributed by atoms with van der Waals surface area (Å²) in [5.74, 6) is 0.599. The summed E-state index contributed by atoms with van der Waals surface area (Å²) >= 11 is 0. The molecule has 0 spiro atoms. The molecule has 0 aromatic rings. The topological polar surface area (TPSA) is 35.5 Å². The van der Waals surface area contributed by atoms with E-state index in [-0.39, 0.29) is 6.54 Å². The minimum absolute atomic E-state index is 0.289. The Morgan fingerprint density at radius 2 is 1.94 bits per heavy atom. The van der Waals surface area contributed by atoms with Gasteiger partial charge in [0.15, 0.2) is 6.10 Å². The zero-order valence-corrected chi connectivity index (χ0v) is 10.1. The number of aliphatic hydroxyl groups excluding tert-OH is 1. The minimum atomic E-state index is -4.50. The average molecular weight is 254 g/mol. The van der Waals surface area contributed by atoms with Crippen LogP contribution in [-0.2, 0) is 0 Å². The Balaban J connectivity index is 2.23. The monoisotopic (exact) mass is 254 g/mol. The number of aliphatic hydroxyl groups is 1. The second kappa shape index (κ2) is 6.56. The van der Waals surface area contributed by atoms with Crippen LogP contribution in [0, 0.1) is 5.92 Å². The van der Waals surface area contributed by atoms with Gasteiger partial charge in [-0.15, -0.1) is 0 Å². The van der Waals surface area contributed by atoms with Gasteiger partial charge in [-0.3, -0.25) is 0 Å². The maximum Gasteiger partial charge on any atom is 0.415 e. The highest BCUT2D eigenvalue weighted by atomic mass is 19.4. The molecular formula is C11H21F3N2O. The molecule has 0 radical (unpaired) electrons. The summed E-state index contributed by atoms with van der Waals surface area (Å²) in [4.78, 5) is 1.70. The highest BCUT2D eigenvalue weighted by molar-refractivity contribution is 4.77. The Morgan fingerprint density at radius 3 is 2.41 bits per heavy atom. The van der Waals surface area contributed by atoms with Crippen LogP contribution >= 0.6 is 0 Å². The minimum Gasteiger partial charge on any atom is -0.382 e. The van der Waals surface area contributed by atoms with Gasteiger partial charge in [-0.25, -0.2) is 0 Å². The number of halogens is 3. The van der Waals surface area contributed by atoms with E-state index in [1.807, 2.05) is 7.05 Å². The number of likely N-dealkylation sites (tertiary alicyclic amines) is 1. The molecule has 0 aromatic carbocycles. The molecule has 1 aliphatic heterocycles. The van der Waals surface area contributed by atoms with Gasteiger partial charge in [0.2, 0.25) is 0 Å². The van der Waals surface area contributed by atoms with E-state index in [9.17, 15) is 13.2 Å². The SMILES string of the molecule is CNCCC1CCN(CC(O)C(F)(F)F)CC1. The number of nitrogens with zero attached hydrogens (tertiary/aromatic N) is 1. The molecule has 1 unspecified atom stereocenters. The molecule has 0 aromatic heterocycles. The second-order valence-electron chi connectivity index (χ2n) is 4.69. The Bertz CT molecular complexity index is 215. The fourth-order valence-electron chi connectivity index (χ4n) is 2.15. The summed E-state index contributed by atoms with van der Waals surface area (Å²) < 4.78 is 36.5. The van der Waals surface area contributed by atoms with Crippen LogP contribution in [0.15, 0.2) is 0 Å². The van der Waals surface area contributed by atoms with E-state index in [0.29, 0.717) is 19.0 Å². The smallest absolute Gasteiger partial charge is 0.382 e. The standard InChI is InChI=1S/C11H21F3N2O/c1-15-5-2-9-3-6-16(7-4-9)8-10(17)11(12,13)14/h9-10,15,17H,2-8H2,1H3. The molecule has 0 amide bonds. The molecule has 0 bridgehead atoms. The number of piperidine rings is 1. The quantitative estimate of drug-likeness (QED) is 0.774. The van der Waals surface area contributed by atoms with Crippen LogP contribution in [0.3, 0.4) is 0 Å². The molecule has 102 valence electrons. The highest BCUT2D eigenvalue weighted by Crippen LogP contribution is 2.24. The van der Waals surface area contributed by atoms with E-state index in [2.05, 4.69) is 5.32 Å². The Morgan fingerprint density at radius 1 is 1.35 bits per heavy atom. The number of alkyl halides is 3. The van der Waals surface area contributed by atoms with Crippen LogP contribution in [0.1, 0.15) is 19.3 Å². The van der Waals surface area contributed by atoms with E-state index in [4.69, 9.17) is 5.11 Å².